The van der Waals surface area contributed by atoms with Crippen molar-refractivity contribution in [3.8, 4) is 0 Å². The second kappa shape index (κ2) is 7.39. The zero-order valence-electron chi connectivity index (χ0n) is 10.7. The topological polar surface area (TPSA) is 114 Å². The van der Waals surface area contributed by atoms with Gasteiger partial charge in [0, 0.05) is 6.42 Å². The molecule has 19 heavy (non-hydrogen) atoms. The molecule has 1 aliphatic rings. The van der Waals surface area contributed by atoms with E-state index in [9.17, 15) is 14.8 Å². The molecule has 1 aliphatic heterocycles. The molecular formula is C10H17N3O6. The van der Waals surface area contributed by atoms with Crippen LogP contribution < -0.4 is 0 Å². The lowest BCUT2D eigenvalue weighted by molar-refractivity contribution is -0.713. The Morgan fingerprint density at radius 1 is 1.47 bits per heavy atom. The number of hydrogen-bond acceptors (Lipinski definition) is 6. The predicted octanol–water partition coefficient (Wildman–Crippen LogP) is 0.503. The summed E-state index contributed by atoms with van der Waals surface area (Å²) in [5, 5.41) is 24.8. The van der Waals surface area contributed by atoms with Crippen LogP contribution in [0.4, 0.5) is 0 Å². The van der Waals surface area contributed by atoms with Crippen molar-refractivity contribution in [3.63, 3.8) is 0 Å². The molecule has 1 fully saturated rings. The van der Waals surface area contributed by atoms with Gasteiger partial charge in [0.25, 0.3) is 6.79 Å². The number of carboxylic acids is 1. The molecule has 0 unspecified atom stereocenters. The normalized spacial score (nSPS) is 17.1. The van der Waals surface area contributed by atoms with E-state index in [-0.39, 0.29) is 11.4 Å². The summed E-state index contributed by atoms with van der Waals surface area (Å²) in [6.45, 7) is 1.80. The Balaban J connectivity index is 2.28. The monoisotopic (exact) mass is 275 g/mol. The molecule has 9 heteroatoms. The summed E-state index contributed by atoms with van der Waals surface area (Å²) in [5.74, 6) is -1.72. The van der Waals surface area contributed by atoms with Gasteiger partial charge in [0.05, 0.1) is 24.0 Å². The van der Waals surface area contributed by atoms with Crippen LogP contribution in [0.5, 0.6) is 0 Å². The van der Waals surface area contributed by atoms with Crippen molar-refractivity contribution < 1.29 is 29.2 Å². The van der Waals surface area contributed by atoms with Crippen LogP contribution in [0.3, 0.4) is 0 Å². The van der Waals surface area contributed by atoms with E-state index in [0.29, 0.717) is 25.9 Å². The summed E-state index contributed by atoms with van der Waals surface area (Å²) in [6, 6.07) is 0. The molecule has 9 nitrogen and oxygen atoms in total. The SMILES string of the molecule is CCC(=O)OCO/N=[N+](\[O-])N1CCC(C(=O)O)CC1. The van der Waals surface area contributed by atoms with Gasteiger partial charge in [0.2, 0.25) is 5.28 Å². The third kappa shape index (κ3) is 4.98. The Morgan fingerprint density at radius 2 is 2.11 bits per heavy atom. The number of hydrogen-bond donors (Lipinski definition) is 1. The Hall–Kier alpha value is -2.06. The average Bonchev–Trinajstić information content (AvgIpc) is 2.43. The second-order valence-electron chi connectivity index (χ2n) is 4.02. The first-order valence-electron chi connectivity index (χ1n) is 5.98. The lowest BCUT2D eigenvalue weighted by Crippen LogP contribution is -2.40. The molecule has 1 rings (SSSR count). The Kier molecular flexibility index (Phi) is 5.83. The number of nitrogens with zero attached hydrogens (tertiary/aromatic N) is 3. The molecule has 108 valence electrons. The maximum absolute atomic E-state index is 11.5. The van der Waals surface area contributed by atoms with E-state index in [1.807, 2.05) is 0 Å². The largest absolute Gasteiger partial charge is 0.569 e. The van der Waals surface area contributed by atoms with Crippen LogP contribution in [-0.4, -0.2) is 46.9 Å². The number of carbonyl (C=O) groups is 2. The van der Waals surface area contributed by atoms with Gasteiger partial charge in [-0.15, -0.1) is 5.01 Å². The predicted molar refractivity (Wildman–Crippen MR) is 60.3 cm³/mol. The quantitative estimate of drug-likeness (QED) is 0.187. The molecule has 0 radical (unpaired) electrons. The van der Waals surface area contributed by atoms with Crippen molar-refractivity contribution in [3.05, 3.63) is 5.21 Å². The van der Waals surface area contributed by atoms with Crippen LogP contribution >= 0.6 is 0 Å². The van der Waals surface area contributed by atoms with Crippen LogP contribution in [0.15, 0.2) is 5.28 Å². The number of piperidine rings is 1. The number of ether oxygens (including phenoxy) is 1. The maximum atomic E-state index is 11.5. The smallest absolute Gasteiger partial charge is 0.308 e. The fourth-order valence-electron chi connectivity index (χ4n) is 1.60. The average molecular weight is 275 g/mol. The molecule has 0 aromatic rings. The lowest BCUT2D eigenvalue weighted by Gasteiger charge is -2.25. The van der Waals surface area contributed by atoms with Gasteiger partial charge < -0.3 is 19.9 Å². The molecular weight excluding hydrogens is 258 g/mol. The fourth-order valence-corrected chi connectivity index (χ4v) is 1.60. The van der Waals surface area contributed by atoms with E-state index in [1.165, 1.54) is 5.01 Å². The molecule has 0 amide bonds. The number of rotatable bonds is 6. The Bertz CT molecular complexity index is 351. The van der Waals surface area contributed by atoms with Crippen molar-refractivity contribution in [2.75, 3.05) is 19.9 Å². The molecule has 0 bridgehead atoms. The van der Waals surface area contributed by atoms with E-state index >= 15 is 0 Å². The fraction of sp³-hybridized carbons (Fsp3) is 0.800. The zero-order chi connectivity index (χ0) is 14.3. The second-order valence-corrected chi connectivity index (χ2v) is 4.02. The molecule has 0 saturated carbocycles. The first-order chi connectivity index (χ1) is 9.04. The summed E-state index contributed by atoms with van der Waals surface area (Å²) in [5.41, 5.74) is 0. The van der Waals surface area contributed by atoms with E-state index in [4.69, 9.17) is 5.11 Å². The van der Waals surface area contributed by atoms with Crippen LogP contribution in [0.25, 0.3) is 0 Å². The Morgan fingerprint density at radius 3 is 2.63 bits per heavy atom. The van der Waals surface area contributed by atoms with Gasteiger partial charge in [-0.1, -0.05) is 6.92 Å². The van der Waals surface area contributed by atoms with Crippen LogP contribution in [-0.2, 0) is 19.2 Å². The molecule has 0 atom stereocenters. The van der Waals surface area contributed by atoms with Gasteiger partial charge in [-0.3, -0.25) is 9.59 Å². The summed E-state index contributed by atoms with van der Waals surface area (Å²) >= 11 is 0. The number of carboxylic acid groups (broad SMARTS) is 1. The number of carbonyl (C=O) groups excluding carboxylic acids is 1. The minimum Gasteiger partial charge on any atom is -0.569 e. The first kappa shape index (κ1) is 15.0. The van der Waals surface area contributed by atoms with Crippen molar-refractivity contribution in [2.45, 2.75) is 26.2 Å². The highest BCUT2D eigenvalue weighted by molar-refractivity contribution is 5.70. The summed E-state index contributed by atoms with van der Waals surface area (Å²) in [7, 11) is 0. The van der Waals surface area contributed by atoms with E-state index in [0.717, 1.165) is 0 Å². The lowest BCUT2D eigenvalue weighted by atomic mass is 9.98. The number of hydrazine groups is 1. The van der Waals surface area contributed by atoms with Gasteiger partial charge in [-0.25, -0.2) is 0 Å². The maximum Gasteiger partial charge on any atom is 0.308 e. The molecule has 0 aromatic heterocycles. The minimum absolute atomic E-state index is 0.215. The van der Waals surface area contributed by atoms with Crippen molar-refractivity contribution >= 4 is 11.9 Å². The number of aliphatic carboxylic acids is 1. The molecule has 1 saturated heterocycles. The van der Waals surface area contributed by atoms with Crippen LogP contribution in [0.1, 0.15) is 26.2 Å². The highest BCUT2D eigenvalue weighted by atomic mass is 16.8. The third-order valence-electron chi connectivity index (χ3n) is 2.75. The number of esters is 1. The highest BCUT2D eigenvalue weighted by Gasteiger charge is 2.28. The van der Waals surface area contributed by atoms with Crippen LogP contribution in [0, 0.1) is 11.1 Å². The van der Waals surface area contributed by atoms with E-state index < -0.39 is 24.6 Å². The zero-order valence-corrected chi connectivity index (χ0v) is 10.7. The Labute approximate surface area is 109 Å². The molecule has 0 spiro atoms. The summed E-state index contributed by atoms with van der Waals surface area (Å²) in [4.78, 5) is 26.3. The molecule has 0 aromatic carbocycles. The first-order valence-corrected chi connectivity index (χ1v) is 5.98. The highest BCUT2D eigenvalue weighted by Crippen LogP contribution is 2.17. The standard InChI is InChI=1S/C10H17N3O6/c1-2-9(14)18-7-19-11-13(17)12-5-3-8(4-6-12)10(15)16/h8H,2-7H2,1H3,(H,15,16)/b13-11-. The van der Waals surface area contributed by atoms with Crippen molar-refractivity contribution in [2.24, 2.45) is 11.2 Å². The van der Waals surface area contributed by atoms with Gasteiger partial charge in [-0.2, -0.15) is 0 Å². The molecule has 0 aliphatic carbocycles. The third-order valence-corrected chi connectivity index (χ3v) is 2.75. The summed E-state index contributed by atoms with van der Waals surface area (Å²) < 4.78 is 4.56. The van der Waals surface area contributed by atoms with E-state index in [1.54, 1.807) is 6.92 Å². The van der Waals surface area contributed by atoms with Crippen molar-refractivity contribution in [1.29, 1.82) is 0 Å². The van der Waals surface area contributed by atoms with Crippen molar-refractivity contribution in [1.82, 2.24) is 5.01 Å². The molecule has 1 N–H and O–H groups in total. The van der Waals surface area contributed by atoms with Gasteiger partial charge in [0.15, 0.2) is 0 Å². The summed E-state index contributed by atoms with van der Waals surface area (Å²) in [6.07, 6.45) is 0.982. The molecule has 1 heterocycles. The van der Waals surface area contributed by atoms with Crippen LogP contribution in [0.2, 0.25) is 0 Å². The van der Waals surface area contributed by atoms with E-state index in [2.05, 4.69) is 14.9 Å². The van der Waals surface area contributed by atoms with Gasteiger partial charge >= 0.3 is 11.9 Å². The van der Waals surface area contributed by atoms with Gasteiger partial charge in [0.1, 0.15) is 0 Å². The van der Waals surface area contributed by atoms with Gasteiger partial charge in [-0.05, 0) is 12.8 Å². The minimum atomic E-state index is -0.850.